The number of carbonyl (C=O) groups is 1. The Morgan fingerprint density at radius 2 is 2.17 bits per heavy atom. The van der Waals surface area contributed by atoms with Crippen LogP contribution in [0.2, 0.25) is 0 Å². The quantitative estimate of drug-likeness (QED) is 0.831. The summed E-state index contributed by atoms with van der Waals surface area (Å²) in [4.78, 5) is 16.5. The number of benzene rings is 1. The van der Waals surface area contributed by atoms with E-state index >= 15 is 0 Å². The summed E-state index contributed by atoms with van der Waals surface area (Å²) >= 11 is 0. The van der Waals surface area contributed by atoms with Crippen LogP contribution < -0.4 is 4.90 Å². The number of carbonyl (C=O) groups excluding carboxylic acids is 1. The average Bonchev–Trinajstić information content (AvgIpc) is 2.90. The lowest BCUT2D eigenvalue weighted by Crippen LogP contribution is -2.41. The Balaban J connectivity index is 2.00. The van der Waals surface area contributed by atoms with E-state index in [1.165, 1.54) is 0 Å². The van der Waals surface area contributed by atoms with E-state index < -0.39 is 0 Å². The van der Waals surface area contributed by atoms with E-state index in [2.05, 4.69) is 11.0 Å². The number of para-hydroxylation sites is 1. The van der Waals surface area contributed by atoms with Gasteiger partial charge in [-0.1, -0.05) is 18.2 Å². The van der Waals surface area contributed by atoms with E-state index in [9.17, 15) is 4.79 Å². The number of rotatable bonds is 2. The molecule has 0 aliphatic carbocycles. The molecule has 4 heteroatoms. The monoisotopic (exact) mass is 246 g/mol. The summed E-state index contributed by atoms with van der Waals surface area (Å²) in [5.41, 5.74) is 1.81. The second-order valence-electron chi connectivity index (χ2n) is 5.21. The molecule has 0 unspecified atom stereocenters. The predicted octanol–water partition coefficient (Wildman–Crippen LogP) is 0.599. The molecule has 1 aromatic carbocycles. The van der Waals surface area contributed by atoms with Crippen LogP contribution >= 0.6 is 0 Å². The molecule has 0 bridgehead atoms. The lowest BCUT2D eigenvalue weighted by atomic mass is 9.81. The molecule has 96 valence electrons. The van der Waals surface area contributed by atoms with Gasteiger partial charge in [0.05, 0.1) is 12.0 Å². The topological polar surface area (TPSA) is 43.8 Å². The molecule has 18 heavy (non-hydrogen) atoms. The maximum atomic E-state index is 12.6. The molecule has 1 saturated heterocycles. The van der Waals surface area contributed by atoms with Crippen LogP contribution in [0, 0.1) is 0 Å². The van der Waals surface area contributed by atoms with Crippen molar-refractivity contribution in [2.45, 2.75) is 11.8 Å². The Hall–Kier alpha value is -1.39. The van der Waals surface area contributed by atoms with Gasteiger partial charge in [0.15, 0.2) is 0 Å². The van der Waals surface area contributed by atoms with Crippen molar-refractivity contribution in [2.75, 3.05) is 38.2 Å². The molecule has 4 nitrogen and oxygen atoms in total. The standard InChI is InChI=1S/C14H18N2O2/c1-15-12-5-3-2-4-11(12)14(13(15)18)6-7-16(10-14)8-9-17/h2-5,17H,6-10H2,1H3/t14-/m0/s1. The van der Waals surface area contributed by atoms with Gasteiger partial charge in [-0.3, -0.25) is 9.69 Å². The molecule has 2 heterocycles. The van der Waals surface area contributed by atoms with Gasteiger partial charge in [0.2, 0.25) is 5.91 Å². The Morgan fingerprint density at radius 3 is 2.94 bits per heavy atom. The minimum Gasteiger partial charge on any atom is -0.395 e. The van der Waals surface area contributed by atoms with Crippen LogP contribution in [0.1, 0.15) is 12.0 Å². The summed E-state index contributed by atoms with van der Waals surface area (Å²) in [7, 11) is 1.85. The summed E-state index contributed by atoms with van der Waals surface area (Å²) in [5.74, 6) is 0.198. The second kappa shape index (κ2) is 4.07. The van der Waals surface area contributed by atoms with E-state index in [0.29, 0.717) is 6.54 Å². The van der Waals surface area contributed by atoms with Crippen molar-refractivity contribution in [3.05, 3.63) is 29.8 Å². The zero-order valence-corrected chi connectivity index (χ0v) is 10.6. The molecule has 1 fully saturated rings. The predicted molar refractivity (Wildman–Crippen MR) is 69.7 cm³/mol. The van der Waals surface area contributed by atoms with Crippen molar-refractivity contribution in [1.29, 1.82) is 0 Å². The third-order valence-corrected chi connectivity index (χ3v) is 4.26. The number of hydrogen-bond donors (Lipinski definition) is 1. The van der Waals surface area contributed by atoms with Gasteiger partial charge in [0.25, 0.3) is 0 Å². The van der Waals surface area contributed by atoms with E-state index in [4.69, 9.17) is 5.11 Å². The lowest BCUT2D eigenvalue weighted by Gasteiger charge is -2.23. The fourth-order valence-electron chi connectivity index (χ4n) is 3.33. The molecule has 2 aliphatic rings. The Bertz CT molecular complexity index is 488. The van der Waals surface area contributed by atoms with Crippen LogP contribution in [0.3, 0.4) is 0 Å². The summed E-state index contributed by atoms with van der Waals surface area (Å²) in [6.07, 6.45) is 0.854. The second-order valence-corrected chi connectivity index (χ2v) is 5.21. The van der Waals surface area contributed by atoms with Crippen LogP contribution in [0.4, 0.5) is 5.69 Å². The third kappa shape index (κ3) is 1.42. The van der Waals surface area contributed by atoms with Gasteiger partial charge in [-0.25, -0.2) is 0 Å². The Kier molecular flexibility index (Phi) is 2.64. The highest BCUT2D eigenvalue weighted by molar-refractivity contribution is 6.08. The highest BCUT2D eigenvalue weighted by atomic mass is 16.3. The first-order valence-corrected chi connectivity index (χ1v) is 6.40. The summed E-state index contributed by atoms with van der Waals surface area (Å²) < 4.78 is 0. The van der Waals surface area contributed by atoms with Gasteiger partial charge >= 0.3 is 0 Å². The SMILES string of the molecule is CN1C(=O)[C@]2(CCN(CCO)C2)c2ccccc21. The first-order chi connectivity index (χ1) is 8.69. The van der Waals surface area contributed by atoms with Gasteiger partial charge in [0.1, 0.15) is 0 Å². The van der Waals surface area contributed by atoms with Crippen molar-refractivity contribution >= 4 is 11.6 Å². The molecule has 1 atom stereocenters. The fourth-order valence-corrected chi connectivity index (χ4v) is 3.33. The van der Waals surface area contributed by atoms with Crippen LogP contribution in [-0.2, 0) is 10.2 Å². The number of likely N-dealkylation sites (N-methyl/N-ethyl adjacent to an activating group) is 1. The minimum absolute atomic E-state index is 0.155. The Morgan fingerprint density at radius 1 is 1.39 bits per heavy atom. The lowest BCUT2D eigenvalue weighted by molar-refractivity contribution is -0.122. The van der Waals surface area contributed by atoms with Crippen molar-refractivity contribution < 1.29 is 9.90 Å². The van der Waals surface area contributed by atoms with E-state index in [1.807, 2.05) is 25.2 Å². The molecule has 0 saturated carbocycles. The fraction of sp³-hybridized carbons (Fsp3) is 0.500. The largest absolute Gasteiger partial charge is 0.395 e. The number of nitrogens with zero attached hydrogens (tertiary/aromatic N) is 2. The maximum Gasteiger partial charge on any atom is 0.238 e. The van der Waals surface area contributed by atoms with E-state index in [1.54, 1.807) is 4.90 Å². The summed E-state index contributed by atoms with van der Waals surface area (Å²) in [5, 5.41) is 9.03. The van der Waals surface area contributed by atoms with Crippen molar-refractivity contribution in [2.24, 2.45) is 0 Å². The number of likely N-dealkylation sites (tertiary alicyclic amines) is 1. The first kappa shape index (κ1) is 11.7. The van der Waals surface area contributed by atoms with Crippen LogP contribution in [0.25, 0.3) is 0 Å². The van der Waals surface area contributed by atoms with Crippen molar-refractivity contribution in [1.82, 2.24) is 4.90 Å². The van der Waals surface area contributed by atoms with Gasteiger partial charge in [-0.05, 0) is 24.6 Å². The number of aliphatic hydroxyl groups is 1. The smallest absolute Gasteiger partial charge is 0.238 e. The van der Waals surface area contributed by atoms with E-state index in [-0.39, 0.29) is 17.9 Å². The molecule has 2 aliphatic heterocycles. The molecule has 1 aromatic rings. The molecule has 1 N–H and O–H groups in total. The van der Waals surface area contributed by atoms with Gasteiger partial charge in [0, 0.05) is 25.8 Å². The molecule has 1 spiro atoms. The number of β-amino-alcohol motifs (C(OH)–C–C–N with tert-alkyl or cyclic N) is 1. The molecular formula is C14H18N2O2. The third-order valence-electron chi connectivity index (χ3n) is 4.26. The van der Waals surface area contributed by atoms with Crippen molar-refractivity contribution in [3.8, 4) is 0 Å². The molecule has 1 amide bonds. The highest BCUT2D eigenvalue weighted by Crippen LogP contribution is 2.46. The minimum atomic E-state index is -0.374. The van der Waals surface area contributed by atoms with Gasteiger partial charge in [-0.15, -0.1) is 0 Å². The summed E-state index contributed by atoms with van der Waals surface area (Å²) in [6, 6.07) is 8.06. The number of fused-ring (bicyclic) bond motifs is 2. The maximum absolute atomic E-state index is 12.6. The summed E-state index contributed by atoms with van der Waals surface area (Å²) in [6.45, 7) is 2.42. The van der Waals surface area contributed by atoms with Gasteiger partial charge < -0.3 is 10.0 Å². The number of hydrogen-bond acceptors (Lipinski definition) is 3. The number of amides is 1. The van der Waals surface area contributed by atoms with Crippen LogP contribution in [-0.4, -0.2) is 49.2 Å². The van der Waals surface area contributed by atoms with Crippen LogP contribution in [0.5, 0.6) is 0 Å². The Labute approximate surface area is 107 Å². The number of aliphatic hydroxyl groups excluding tert-OH is 1. The first-order valence-electron chi connectivity index (χ1n) is 6.40. The zero-order chi connectivity index (χ0) is 12.8. The van der Waals surface area contributed by atoms with Crippen molar-refractivity contribution in [3.63, 3.8) is 0 Å². The van der Waals surface area contributed by atoms with Crippen LogP contribution in [0.15, 0.2) is 24.3 Å². The number of anilines is 1. The molecule has 0 aromatic heterocycles. The van der Waals surface area contributed by atoms with Gasteiger partial charge in [-0.2, -0.15) is 0 Å². The average molecular weight is 246 g/mol. The zero-order valence-electron chi connectivity index (χ0n) is 10.6. The van der Waals surface area contributed by atoms with E-state index in [0.717, 1.165) is 30.8 Å². The molecule has 3 rings (SSSR count). The molecular weight excluding hydrogens is 228 g/mol. The molecule has 0 radical (unpaired) electrons. The normalized spacial score (nSPS) is 27.2. The highest BCUT2D eigenvalue weighted by Gasteiger charge is 2.52.